The van der Waals surface area contributed by atoms with E-state index in [9.17, 15) is 13.6 Å². The van der Waals surface area contributed by atoms with E-state index in [0.29, 0.717) is 27.9 Å². The van der Waals surface area contributed by atoms with Gasteiger partial charge in [0, 0.05) is 31.5 Å². The van der Waals surface area contributed by atoms with Crippen LogP contribution in [0.5, 0.6) is 0 Å². The zero-order chi connectivity index (χ0) is 20.4. The highest BCUT2D eigenvalue weighted by Gasteiger charge is 2.37. The van der Waals surface area contributed by atoms with Gasteiger partial charge in [-0.15, -0.1) is 0 Å². The molecule has 1 N–H and O–H groups in total. The van der Waals surface area contributed by atoms with Crippen molar-refractivity contribution in [2.45, 2.75) is 31.6 Å². The second-order valence-corrected chi connectivity index (χ2v) is 7.10. The average molecular weight is 405 g/mol. The molecule has 154 valence electrons. The van der Waals surface area contributed by atoms with Crippen LogP contribution in [-0.2, 0) is 15.5 Å². The lowest BCUT2D eigenvalue weighted by molar-refractivity contribution is -0.142. The number of carboxylic acid groups (broad SMARTS) is 1. The standard InChI is InChI=1S/C20H21F2N3O4/c21-20(22,8-5-11-28-12-15(26)27)19-23-16-13-6-1-2-7-14(13)29-17(16)18(24-19)25-9-3-4-10-25/h1-2,6-7H,3-5,8-12H2,(H,26,27). The van der Waals surface area contributed by atoms with Crippen LogP contribution < -0.4 is 4.90 Å². The maximum absolute atomic E-state index is 14.9. The highest BCUT2D eigenvalue weighted by molar-refractivity contribution is 6.05. The lowest BCUT2D eigenvalue weighted by Gasteiger charge is -2.20. The predicted octanol–water partition coefficient (Wildman–Crippen LogP) is 3.95. The first kappa shape index (κ1) is 19.5. The largest absolute Gasteiger partial charge is 0.480 e. The monoisotopic (exact) mass is 405 g/mol. The molecule has 0 unspecified atom stereocenters. The zero-order valence-electron chi connectivity index (χ0n) is 15.7. The van der Waals surface area contributed by atoms with Crippen molar-refractivity contribution >= 4 is 33.9 Å². The molecular formula is C20H21F2N3O4. The third-order valence-electron chi connectivity index (χ3n) is 4.94. The second-order valence-electron chi connectivity index (χ2n) is 7.10. The molecule has 1 aromatic carbocycles. The van der Waals surface area contributed by atoms with E-state index in [0.717, 1.165) is 25.9 Å². The number of rotatable bonds is 8. The zero-order valence-corrected chi connectivity index (χ0v) is 15.7. The number of alkyl halides is 2. The number of anilines is 1. The van der Waals surface area contributed by atoms with Gasteiger partial charge in [0.1, 0.15) is 17.7 Å². The first-order valence-electron chi connectivity index (χ1n) is 9.58. The number of halogens is 2. The van der Waals surface area contributed by atoms with E-state index >= 15 is 0 Å². The fourth-order valence-electron chi connectivity index (χ4n) is 3.55. The molecule has 2 aromatic heterocycles. The topological polar surface area (TPSA) is 88.7 Å². The Morgan fingerprint density at radius 1 is 1.24 bits per heavy atom. The summed E-state index contributed by atoms with van der Waals surface area (Å²) in [5.74, 6) is -4.54. The Kier molecular flexibility index (Phi) is 5.31. The highest BCUT2D eigenvalue weighted by Crippen LogP contribution is 2.38. The lowest BCUT2D eigenvalue weighted by atomic mass is 10.1. The molecule has 29 heavy (non-hydrogen) atoms. The molecule has 1 aliphatic heterocycles. The second kappa shape index (κ2) is 7.90. The van der Waals surface area contributed by atoms with Gasteiger partial charge in [0.05, 0.1) is 0 Å². The fourth-order valence-corrected chi connectivity index (χ4v) is 3.55. The lowest BCUT2D eigenvalue weighted by Crippen LogP contribution is -2.24. The molecule has 7 nitrogen and oxygen atoms in total. The summed E-state index contributed by atoms with van der Waals surface area (Å²) < 4.78 is 40.6. The molecule has 0 aliphatic carbocycles. The van der Waals surface area contributed by atoms with Gasteiger partial charge in [0.25, 0.3) is 0 Å². The molecular weight excluding hydrogens is 384 g/mol. The smallest absolute Gasteiger partial charge is 0.329 e. The summed E-state index contributed by atoms with van der Waals surface area (Å²) in [5.41, 5.74) is 1.39. The summed E-state index contributed by atoms with van der Waals surface area (Å²) in [7, 11) is 0. The summed E-state index contributed by atoms with van der Waals surface area (Å²) in [6.45, 7) is 0.889. The van der Waals surface area contributed by atoms with Crippen LogP contribution in [0.25, 0.3) is 22.1 Å². The number of nitrogens with zero attached hydrogens (tertiary/aromatic N) is 3. The van der Waals surface area contributed by atoms with Gasteiger partial charge >= 0.3 is 11.9 Å². The molecule has 0 saturated carbocycles. The first-order valence-corrected chi connectivity index (χ1v) is 9.58. The summed E-state index contributed by atoms with van der Waals surface area (Å²) in [6.07, 6.45) is 1.40. The summed E-state index contributed by atoms with van der Waals surface area (Å²) in [6, 6.07) is 7.21. The number of para-hydroxylation sites is 1. The van der Waals surface area contributed by atoms with Crippen LogP contribution in [0.15, 0.2) is 28.7 Å². The van der Waals surface area contributed by atoms with Gasteiger partial charge in [0.2, 0.25) is 5.82 Å². The summed E-state index contributed by atoms with van der Waals surface area (Å²) >= 11 is 0. The minimum Gasteiger partial charge on any atom is -0.480 e. The fraction of sp³-hybridized carbons (Fsp3) is 0.450. The number of aliphatic carboxylic acids is 1. The Labute approximate surface area is 165 Å². The van der Waals surface area contributed by atoms with Crippen LogP contribution in [0, 0.1) is 0 Å². The molecule has 3 heterocycles. The number of benzene rings is 1. The number of carboxylic acids is 1. The Hall–Kier alpha value is -2.81. The van der Waals surface area contributed by atoms with Crippen LogP contribution >= 0.6 is 0 Å². The van der Waals surface area contributed by atoms with E-state index in [-0.39, 0.29) is 13.0 Å². The van der Waals surface area contributed by atoms with Crippen molar-refractivity contribution in [2.75, 3.05) is 31.2 Å². The first-order chi connectivity index (χ1) is 14.0. The van der Waals surface area contributed by atoms with Crippen molar-refractivity contribution in [2.24, 2.45) is 0 Å². The van der Waals surface area contributed by atoms with Crippen molar-refractivity contribution in [1.29, 1.82) is 0 Å². The third-order valence-corrected chi connectivity index (χ3v) is 4.94. The van der Waals surface area contributed by atoms with E-state index in [4.69, 9.17) is 14.3 Å². The molecule has 9 heteroatoms. The van der Waals surface area contributed by atoms with Crippen molar-refractivity contribution in [1.82, 2.24) is 9.97 Å². The molecule has 0 spiro atoms. The van der Waals surface area contributed by atoms with Crippen molar-refractivity contribution in [3.63, 3.8) is 0 Å². The molecule has 3 aromatic rings. The number of carbonyl (C=O) groups is 1. The number of aromatic nitrogens is 2. The maximum Gasteiger partial charge on any atom is 0.329 e. The number of furan rings is 1. The number of fused-ring (bicyclic) bond motifs is 3. The molecule has 1 fully saturated rings. The SMILES string of the molecule is O=C(O)COCCCC(F)(F)c1nc(N2CCCC2)c2oc3ccccc3c2n1. The van der Waals surface area contributed by atoms with Crippen LogP contribution in [0.1, 0.15) is 31.5 Å². The van der Waals surface area contributed by atoms with Crippen LogP contribution in [0.3, 0.4) is 0 Å². The van der Waals surface area contributed by atoms with E-state index in [2.05, 4.69) is 9.97 Å². The molecule has 1 aliphatic rings. The van der Waals surface area contributed by atoms with Gasteiger partial charge in [-0.3, -0.25) is 0 Å². The molecule has 4 rings (SSSR count). The van der Waals surface area contributed by atoms with Crippen molar-refractivity contribution in [3.8, 4) is 0 Å². The molecule has 0 radical (unpaired) electrons. The Morgan fingerprint density at radius 3 is 2.76 bits per heavy atom. The Balaban J connectivity index is 1.68. The van der Waals surface area contributed by atoms with E-state index in [1.165, 1.54) is 0 Å². The normalized spacial score (nSPS) is 14.9. The molecule has 0 atom stereocenters. The van der Waals surface area contributed by atoms with Crippen molar-refractivity contribution < 1.29 is 27.8 Å². The molecule has 0 amide bonds. The van der Waals surface area contributed by atoms with Crippen molar-refractivity contribution in [3.05, 3.63) is 30.1 Å². The van der Waals surface area contributed by atoms with Gasteiger partial charge in [-0.2, -0.15) is 8.78 Å². The minimum absolute atomic E-state index is 0.00708. The van der Waals surface area contributed by atoms with Crippen LogP contribution in [-0.4, -0.2) is 47.3 Å². The number of hydrogen-bond donors (Lipinski definition) is 1. The van der Waals surface area contributed by atoms with Crippen LogP contribution in [0.4, 0.5) is 14.6 Å². The quantitative estimate of drug-likeness (QED) is 0.568. The number of ether oxygens (including phenoxy) is 1. The number of hydrogen-bond acceptors (Lipinski definition) is 6. The molecule has 1 saturated heterocycles. The van der Waals surface area contributed by atoms with Gasteiger partial charge < -0.3 is 19.2 Å². The Bertz CT molecular complexity index is 1030. The minimum atomic E-state index is -3.27. The van der Waals surface area contributed by atoms with E-state index < -0.39 is 30.7 Å². The van der Waals surface area contributed by atoms with E-state index in [1.807, 2.05) is 17.0 Å². The predicted molar refractivity (Wildman–Crippen MR) is 102 cm³/mol. The Morgan fingerprint density at radius 2 is 2.00 bits per heavy atom. The molecule has 0 bridgehead atoms. The van der Waals surface area contributed by atoms with Gasteiger partial charge in [-0.1, -0.05) is 12.1 Å². The average Bonchev–Trinajstić information content (AvgIpc) is 3.34. The van der Waals surface area contributed by atoms with Gasteiger partial charge in [0.15, 0.2) is 11.4 Å². The third kappa shape index (κ3) is 4.00. The maximum atomic E-state index is 14.9. The van der Waals surface area contributed by atoms with Gasteiger partial charge in [-0.05, 0) is 31.4 Å². The summed E-state index contributed by atoms with van der Waals surface area (Å²) in [4.78, 5) is 20.8. The van der Waals surface area contributed by atoms with Crippen LogP contribution in [0.2, 0.25) is 0 Å². The highest BCUT2D eigenvalue weighted by atomic mass is 19.3. The van der Waals surface area contributed by atoms with Gasteiger partial charge in [-0.25, -0.2) is 14.8 Å². The summed E-state index contributed by atoms with van der Waals surface area (Å²) in [5, 5.41) is 9.22. The van der Waals surface area contributed by atoms with E-state index in [1.54, 1.807) is 12.1 Å².